The van der Waals surface area contributed by atoms with E-state index in [-0.39, 0.29) is 12.5 Å². The third-order valence-corrected chi connectivity index (χ3v) is 5.20. The summed E-state index contributed by atoms with van der Waals surface area (Å²) in [5.41, 5.74) is -0.0379. The van der Waals surface area contributed by atoms with Crippen LogP contribution in [0, 0.1) is 5.82 Å². The molecule has 0 aromatic heterocycles. The van der Waals surface area contributed by atoms with E-state index >= 15 is 0 Å². The fourth-order valence-electron chi connectivity index (χ4n) is 2.46. The van der Waals surface area contributed by atoms with Crippen molar-refractivity contribution in [1.29, 1.82) is 0 Å². The van der Waals surface area contributed by atoms with Crippen LogP contribution in [-0.2, 0) is 15.0 Å². The van der Waals surface area contributed by atoms with Crippen LogP contribution in [0.4, 0.5) is 10.1 Å². The molecule has 0 bridgehead atoms. The van der Waals surface area contributed by atoms with Gasteiger partial charge < -0.3 is 4.90 Å². The summed E-state index contributed by atoms with van der Waals surface area (Å²) in [4.78, 5) is 25.4. The highest BCUT2D eigenvalue weighted by Crippen LogP contribution is 2.24. The molecule has 0 saturated carbocycles. The number of nitrogens with one attached hydrogen (secondary N) is 1. The van der Waals surface area contributed by atoms with Gasteiger partial charge in [-0.15, -0.1) is 0 Å². The summed E-state index contributed by atoms with van der Waals surface area (Å²) >= 11 is 0. The minimum Gasteiger partial charge on any atom is -0.312 e. The maximum absolute atomic E-state index is 14.0. The molecule has 1 heterocycles. The predicted molar refractivity (Wildman–Crippen MR) is 87.3 cm³/mol. The molecule has 2 rings (SSSR count). The van der Waals surface area contributed by atoms with Crippen molar-refractivity contribution in [3.05, 3.63) is 29.6 Å². The molecular weight excluding hydrogens is 337 g/mol. The molecule has 9 heteroatoms. The van der Waals surface area contributed by atoms with Crippen LogP contribution in [0.1, 0.15) is 36.5 Å². The molecule has 0 radical (unpaired) electrons. The van der Waals surface area contributed by atoms with Crippen molar-refractivity contribution in [1.82, 2.24) is 9.03 Å². The van der Waals surface area contributed by atoms with Crippen molar-refractivity contribution >= 4 is 27.7 Å². The molecule has 1 saturated heterocycles. The van der Waals surface area contributed by atoms with E-state index in [1.165, 1.54) is 24.1 Å². The number of carbonyl (C=O) groups excluding carboxylic acids is 2. The van der Waals surface area contributed by atoms with Gasteiger partial charge in [0.1, 0.15) is 5.82 Å². The van der Waals surface area contributed by atoms with Gasteiger partial charge in [-0.2, -0.15) is 12.7 Å². The number of carbonyl (C=O) groups is 2. The summed E-state index contributed by atoms with van der Waals surface area (Å²) in [7, 11) is -2.71. The zero-order valence-electron chi connectivity index (χ0n) is 13.6. The second-order valence-electron chi connectivity index (χ2n) is 5.57. The van der Waals surface area contributed by atoms with Gasteiger partial charge in [0.2, 0.25) is 5.91 Å². The van der Waals surface area contributed by atoms with Crippen molar-refractivity contribution in [3.63, 3.8) is 0 Å². The second kappa shape index (κ2) is 7.27. The lowest BCUT2D eigenvalue weighted by atomic mass is 10.1. The molecule has 0 atom stereocenters. The maximum Gasteiger partial charge on any atom is 0.303 e. The molecule has 0 spiro atoms. The lowest BCUT2D eigenvalue weighted by Gasteiger charge is -2.18. The number of anilines is 1. The Kier molecular flexibility index (Phi) is 5.55. The molecule has 24 heavy (non-hydrogen) atoms. The Labute approximate surface area is 140 Å². The fraction of sp³-hybridized carbons (Fsp3) is 0.467. The molecule has 1 aromatic carbocycles. The highest BCUT2D eigenvalue weighted by molar-refractivity contribution is 7.87. The molecule has 1 N–H and O–H groups in total. The van der Waals surface area contributed by atoms with Crippen LogP contribution < -0.4 is 9.62 Å². The van der Waals surface area contributed by atoms with Gasteiger partial charge in [-0.3, -0.25) is 9.59 Å². The molecule has 7 nitrogen and oxygen atoms in total. The van der Waals surface area contributed by atoms with Crippen LogP contribution >= 0.6 is 0 Å². The van der Waals surface area contributed by atoms with Gasteiger partial charge in [0.15, 0.2) is 0 Å². The van der Waals surface area contributed by atoms with Crippen molar-refractivity contribution in [2.24, 2.45) is 0 Å². The molecule has 0 aliphatic carbocycles. The van der Waals surface area contributed by atoms with Crippen molar-refractivity contribution in [2.75, 3.05) is 25.0 Å². The summed E-state index contributed by atoms with van der Waals surface area (Å²) in [5, 5.41) is 0. The summed E-state index contributed by atoms with van der Waals surface area (Å²) in [6, 6.07) is 3.65. The van der Waals surface area contributed by atoms with Crippen LogP contribution in [0.15, 0.2) is 18.2 Å². The van der Waals surface area contributed by atoms with E-state index in [0.717, 1.165) is 10.4 Å². The first-order chi connectivity index (χ1) is 11.3. The van der Waals surface area contributed by atoms with Crippen LogP contribution in [-0.4, -0.2) is 44.7 Å². The first-order valence-electron chi connectivity index (χ1n) is 7.64. The molecular formula is C15H20FN3O4S. The van der Waals surface area contributed by atoms with Crippen LogP contribution in [0.25, 0.3) is 0 Å². The number of nitrogens with zero attached hydrogens (tertiary/aromatic N) is 2. The first-order valence-corrected chi connectivity index (χ1v) is 9.08. The van der Waals surface area contributed by atoms with Crippen molar-refractivity contribution in [3.8, 4) is 0 Å². The number of amides is 2. The van der Waals surface area contributed by atoms with E-state index in [1.807, 2.05) is 4.72 Å². The van der Waals surface area contributed by atoms with Gasteiger partial charge in [-0.25, -0.2) is 9.11 Å². The molecule has 1 aliphatic rings. The van der Waals surface area contributed by atoms with Gasteiger partial charge in [0, 0.05) is 32.2 Å². The SMILES string of the molecule is CCCN(C)S(=O)(=O)NC(=O)c1cc(N2CCCC2=O)ccc1F. The monoisotopic (exact) mass is 357 g/mol. The summed E-state index contributed by atoms with van der Waals surface area (Å²) in [6.45, 7) is 2.51. The maximum atomic E-state index is 14.0. The quantitative estimate of drug-likeness (QED) is 0.831. The average molecular weight is 357 g/mol. The zero-order valence-corrected chi connectivity index (χ0v) is 14.4. The lowest BCUT2D eigenvalue weighted by molar-refractivity contribution is -0.117. The third-order valence-electron chi connectivity index (χ3n) is 3.75. The Balaban J connectivity index is 2.24. The summed E-state index contributed by atoms with van der Waals surface area (Å²) < 4.78 is 40.8. The summed E-state index contributed by atoms with van der Waals surface area (Å²) in [6.07, 6.45) is 1.66. The minimum atomic E-state index is -4.04. The number of benzene rings is 1. The van der Waals surface area contributed by atoms with E-state index in [2.05, 4.69) is 0 Å². The van der Waals surface area contributed by atoms with E-state index in [1.54, 1.807) is 6.92 Å². The van der Waals surface area contributed by atoms with Gasteiger partial charge in [-0.05, 0) is 31.0 Å². The second-order valence-corrected chi connectivity index (χ2v) is 7.35. The zero-order chi connectivity index (χ0) is 17.9. The van der Waals surface area contributed by atoms with Gasteiger partial charge in [0.25, 0.3) is 5.91 Å². The molecule has 1 fully saturated rings. The van der Waals surface area contributed by atoms with Crippen LogP contribution in [0.2, 0.25) is 0 Å². The lowest BCUT2D eigenvalue weighted by Crippen LogP contribution is -2.42. The van der Waals surface area contributed by atoms with E-state index < -0.39 is 27.5 Å². The smallest absolute Gasteiger partial charge is 0.303 e. The molecule has 132 valence electrons. The highest BCUT2D eigenvalue weighted by Gasteiger charge is 2.26. The predicted octanol–water partition coefficient (Wildman–Crippen LogP) is 1.27. The van der Waals surface area contributed by atoms with E-state index in [0.29, 0.717) is 31.5 Å². The Morgan fingerprint density at radius 2 is 2.12 bits per heavy atom. The Morgan fingerprint density at radius 1 is 1.42 bits per heavy atom. The van der Waals surface area contributed by atoms with Crippen LogP contribution in [0.3, 0.4) is 0 Å². The summed E-state index contributed by atoms with van der Waals surface area (Å²) in [5.74, 6) is -2.02. The Hall–Kier alpha value is -2.00. The van der Waals surface area contributed by atoms with Crippen molar-refractivity contribution < 1.29 is 22.4 Å². The normalized spacial score (nSPS) is 15.2. The van der Waals surface area contributed by atoms with Gasteiger partial charge in [-0.1, -0.05) is 6.92 Å². The van der Waals surface area contributed by atoms with Gasteiger partial charge >= 0.3 is 10.2 Å². The topological polar surface area (TPSA) is 86.8 Å². The average Bonchev–Trinajstić information content (AvgIpc) is 2.93. The van der Waals surface area contributed by atoms with Crippen LogP contribution in [0.5, 0.6) is 0 Å². The Bertz CT molecular complexity index is 751. The largest absolute Gasteiger partial charge is 0.312 e. The fourth-order valence-corrected chi connectivity index (χ4v) is 3.38. The molecule has 0 unspecified atom stereocenters. The Morgan fingerprint density at radius 3 is 2.71 bits per heavy atom. The molecule has 2 amide bonds. The highest BCUT2D eigenvalue weighted by atomic mass is 32.2. The standard InChI is InChI=1S/C15H20FN3O4S/c1-3-8-18(2)24(22,23)17-15(21)12-10-11(6-7-13(12)16)19-9-4-5-14(19)20/h6-7,10H,3-5,8-9H2,1-2H3,(H,17,21). The molecule has 1 aliphatic heterocycles. The molecule has 1 aromatic rings. The number of rotatable bonds is 6. The van der Waals surface area contributed by atoms with E-state index in [9.17, 15) is 22.4 Å². The number of hydrogen-bond acceptors (Lipinski definition) is 4. The number of halogens is 1. The van der Waals surface area contributed by atoms with E-state index in [4.69, 9.17) is 0 Å². The van der Waals surface area contributed by atoms with Crippen molar-refractivity contribution in [2.45, 2.75) is 26.2 Å². The first kappa shape index (κ1) is 18.3. The third kappa shape index (κ3) is 3.90. The number of hydrogen-bond donors (Lipinski definition) is 1. The minimum absolute atomic E-state index is 0.108. The van der Waals surface area contributed by atoms with Gasteiger partial charge in [0.05, 0.1) is 5.56 Å².